The maximum atomic E-state index is 9.39. The fourth-order valence-electron chi connectivity index (χ4n) is 1.12. The van der Waals surface area contributed by atoms with Crippen molar-refractivity contribution in [2.24, 2.45) is 0 Å². The van der Waals surface area contributed by atoms with E-state index in [9.17, 15) is 10.2 Å². The van der Waals surface area contributed by atoms with Gasteiger partial charge in [-0.2, -0.15) is 15.0 Å². The van der Waals surface area contributed by atoms with E-state index in [-0.39, 0.29) is 29.6 Å². The van der Waals surface area contributed by atoms with Gasteiger partial charge in [0.2, 0.25) is 29.6 Å². The molecule has 0 aromatic carbocycles. The van der Waals surface area contributed by atoms with Crippen molar-refractivity contribution in [3.05, 3.63) is 12.1 Å². The zero-order valence-electron chi connectivity index (χ0n) is 7.49. The van der Waals surface area contributed by atoms with E-state index in [1.807, 2.05) is 0 Å². The third-order valence-electron chi connectivity index (χ3n) is 1.70. The second-order valence-electron chi connectivity index (χ2n) is 2.74. The fourth-order valence-corrected chi connectivity index (χ4v) is 1.12. The lowest BCUT2D eigenvalue weighted by molar-refractivity contribution is 0.399. The molecule has 0 aliphatic rings. The van der Waals surface area contributed by atoms with E-state index < -0.39 is 0 Å². The van der Waals surface area contributed by atoms with Crippen molar-refractivity contribution in [1.82, 2.24) is 19.5 Å². The number of nitrogen functional groups attached to an aromatic ring is 2. The van der Waals surface area contributed by atoms with Gasteiger partial charge >= 0.3 is 0 Å². The molecular formula is C7H8N6O2. The highest BCUT2D eigenvalue weighted by atomic mass is 16.3. The molecule has 0 saturated carbocycles. The topological polar surface area (TPSA) is 136 Å². The first kappa shape index (κ1) is 9.06. The number of aromatic hydroxyl groups is 2. The molecule has 0 atom stereocenters. The first-order valence-corrected chi connectivity index (χ1v) is 3.95. The van der Waals surface area contributed by atoms with Crippen molar-refractivity contribution < 1.29 is 10.2 Å². The third-order valence-corrected chi connectivity index (χ3v) is 1.70. The van der Waals surface area contributed by atoms with Gasteiger partial charge in [-0.15, -0.1) is 0 Å². The zero-order chi connectivity index (χ0) is 11.0. The second kappa shape index (κ2) is 3.01. The Balaban J connectivity index is 2.63. The van der Waals surface area contributed by atoms with Crippen molar-refractivity contribution >= 4 is 11.9 Å². The highest BCUT2D eigenvalue weighted by Crippen LogP contribution is 2.24. The van der Waals surface area contributed by atoms with Crippen molar-refractivity contribution in [2.75, 3.05) is 11.5 Å². The summed E-state index contributed by atoms with van der Waals surface area (Å²) in [6, 6.07) is 2.57. The second-order valence-corrected chi connectivity index (χ2v) is 2.74. The van der Waals surface area contributed by atoms with E-state index in [1.54, 1.807) is 0 Å². The van der Waals surface area contributed by atoms with Gasteiger partial charge in [0.05, 0.1) is 0 Å². The molecule has 0 aliphatic carbocycles. The Bertz CT molecular complexity index is 468. The average Bonchev–Trinajstić information content (AvgIpc) is 2.44. The summed E-state index contributed by atoms with van der Waals surface area (Å²) in [7, 11) is 0. The van der Waals surface area contributed by atoms with E-state index >= 15 is 0 Å². The van der Waals surface area contributed by atoms with Gasteiger partial charge in [0.25, 0.3) is 0 Å². The molecule has 0 fully saturated rings. The van der Waals surface area contributed by atoms with Gasteiger partial charge in [-0.25, -0.2) is 4.57 Å². The number of hydrogen-bond acceptors (Lipinski definition) is 7. The molecule has 15 heavy (non-hydrogen) atoms. The summed E-state index contributed by atoms with van der Waals surface area (Å²) in [5, 5.41) is 18.8. The van der Waals surface area contributed by atoms with E-state index in [2.05, 4.69) is 15.0 Å². The Labute approximate surface area is 83.8 Å². The molecule has 2 aromatic rings. The molecule has 8 nitrogen and oxygen atoms in total. The summed E-state index contributed by atoms with van der Waals surface area (Å²) in [5.41, 5.74) is 10.7. The van der Waals surface area contributed by atoms with Crippen LogP contribution in [-0.4, -0.2) is 29.7 Å². The Hall–Kier alpha value is -2.51. The van der Waals surface area contributed by atoms with Crippen LogP contribution in [0.2, 0.25) is 0 Å². The number of rotatable bonds is 1. The van der Waals surface area contributed by atoms with Gasteiger partial charge in [-0.3, -0.25) is 0 Å². The zero-order valence-corrected chi connectivity index (χ0v) is 7.49. The Morgan fingerprint density at radius 1 is 0.933 bits per heavy atom. The smallest absolute Gasteiger partial charge is 0.246 e. The first-order chi connectivity index (χ1) is 7.08. The highest BCUT2D eigenvalue weighted by molar-refractivity contribution is 5.38. The van der Waals surface area contributed by atoms with Crippen LogP contribution in [0.4, 0.5) is 11.9 Å². The lowest BCUT2D eigenvalue weighted by Gasteiger charge is -2.05. The van der Waals surface area contributed by atoms with Gasteiger partial charge in [0.1, 0.15) is 0 Å². The van der Waals surface area contributed by atoms with Gasteiger partial charge in [0.15, 0.2) is 0 Å². The molecule has 2 aromatic heterocycles. The Morgan fingerprint density at radius 3 is 1.87 bits per heavy atom. The predicted octanol–water partition coefficient (Wildman–Crippen LogP) is -0.762. The van der Waals surface area contributed by atoms with E-state index in [0.717, 1.165) is 4.57 Å². The summed E-state index contributed by atoms with van der Waals surface area (Å²) in [5.74, 6) is -0.676. The van der Waals surface area contributed by atoms with Crippen LogP contribution in [0.3, 0.4) is 0 Å². The summed E-state index contributed by atoms with van der Waals surface area (Å²) in [6.07, 6.45) is 0. The molecule has 6 N–H and O–H groups in total. The van der Waals surface area contributed by atoms with Crippen LogP contribution in [-0.2, 0) is 0 Å². The minimum Gasteiger partial charge on any atom is -0.494 e. The number of nitrogens with zero attached hydrogens (tertiary/aromatic N) is 4. The molecule has 0 aliphatic heterocycles. The van der Waals surface area contributed by atoms with Gasteiger partial charge in [-0.05, 0) is 0 Å². The summed E-state index contributed by atoms with van der Waals surface area (Å²) in [4.78, 5) is 11.0. The number of hydrogen-bond donors (Lipinski definition) is 4. The summed E-state index contributed by atoms with van der Waals surface area (Å²) >= 11 is 0. The molecular weight excluding hydrogens is 200 g/mol. The molecule has 0 amide bonds. The molecule has 0 bridgehead atoms. The van der Waals surface area contributed by atoms with Crippen molar-refractivity contribution in [3.8, 4) is 17.7 Å². The van der Waals surface area contributed by atoms with Crippen LogP contribution in [0.25, 0.3) is 5.95 Å². The molecule has 0 unspecified atom stereocenters. The van der Waals surface area contributed by atoms with Crippen molar-refractivity contribution in [1.29, 1.82) is 0 Å². The minimum atomic E-state index is -0.225. The standard InChI is InChI=1S/C7H8N6O2/c8-5-10-6(9)12-7(11-5)13-3(14)1-2-4(13)15/h1-2,14-15H,(H4,8,9,10,11,12). The number of nitrogens with two attached hydrogens (primary N) is 2. The monoisotopic (exact) mass is 208 g/mol. The number of aromatic nitrogens is 4. The van der Waals surface area contributed by atoms with Crippen LogP contribution < -0.4 is 11.5 Å². The Morgan fingerprint density at radius 2 is 1.40 bits per heavy atom. The van der Waals surface area contributed by atoms with Crippen LogP contribution in [0.15, 0.2) is 12.1 Å². The Kier molecular flexibility index (Phi) is 1.82. The summed E-state index contributed by atoms with van der Waals surface area (Å²) in [6.45, 7) is 0. The van der Waals surface area contributed by atoms with Gasteiger partial charge in [-0.1, -0.05) is 0 Å². The molecule has 78 valence electrons. The van der Waals surface area contributed by atoms with E-state index in [4.69, 9.17) is 11.5 Å². The maximum Gasteiger partial charge on any atom is 0.246 e. The molecule has 2 heterocycles. The largest absolute Gasteiger partial charge is 0.494 e. The summed E-state index contributed by atoms with van der Waals surface area (Å²) < 4.78 is 0.981. The lowest BCUT2D eigenvalue weighted by Crippen LogP contribution is -2.08. The molecule has 0 spiro atoms. The van der Waals surface area contributed by atoms with Crippen molar-refractivity contribution in [2.45, 2.75) is 0 Å². The molecule has 0 radical (unpaired) electrons. The van der Waals surface area contributed by atoms with Crippen LogP contribution in [0.1, 0.15) is 0 Å². The maximum absolute atomic E-state index is 9.39. The normalized spacial score (nSPS) is 10.4. The van der Waals surface area contributed by atoms with Crippen LogP contribution in [0, 0.1) is 0 Å². The average molecular weight is 208 g/mol. The van der Waals surface area contributed by atoms with E-state index in [1.165, 1.54) is 12.1 Å². The minimum absolute atomic E-state index is 0.0417. The van der Waals surface area contributed by atoms with Gasteiger partial charge < -0.3 is 21.7 Å². The SMILES string of the molecule is Nc1nc(N)nc(-n2c(O)ccc2O)n1. The third kappa shape index (κ3) is 1.47. The molecule has 2 rings (SSSR count). The van der Waals surface area contributed by atoms with Crippen LogP contribution in [0.5, 0.6) is 11.8 Å². The quantitative estimate of drug-likeness (QED) is 0.483. The fraction of sp³-hybridized carbons (Fsp3) is 0. The van der Waals surface area contributed by atoms with Crippen LogP contribution >= 0.6 is 0 Å². The van der Waals surface area contributed by atoms with Gasteiger partial charge in [0, 0.05) is 12.1 Å². The predicted molar refractivity (Wildman–Crippen MR) is 51.3 cm³/mol. The molecule has 8 heteroatoms. The lowest BCUT2D eigenvalue weighted by atomic mass is 10.6. The van der Waals surface area contributed by atoms with Crippen molar-refractivity contribution in [3.63, 3.8) is 0 Å². The number of anilines is 2. The first-order valence-electron chi connectivity index (χ1n) is 3.95. The highest BCUT2D eigenvalue weighted by Gasteiger charge is 2.12. The molecule has 0 saturated heterocycles. The van der Waals surface area contributed by atoms with E-state index in [0.29, 0.717) is 0 Å².